The zero-order valence-electron chi connectivity index (χ0n) is 10.1. The summed E-state index contributed by atoms with van der Waals surface area (Å²) < 4.78 is 6.66. The van der Waals surface area contributed by atoms with Crippen molar-refractivity contribution in [3.05, 3.63) is 16.4 Å². The van der Waals surface area contributed by atoms with E-state index in [4.69, 9.17) is 16.3 Å². The number of nitrogens with zero attached hydrogens (tertiary/aromatic N) is 2. The standard InChI is InChI=1S/C11H17ClN2O2/c1-5-9(11(15)16-6-2)14-8(4)10(12)7(3)13-14/h9H,5-6H2,1-4H3/t9-/m0/s1. The highest BCUT2D eigenvalue weighted by atomic mass is 35.5. The number of carbonyl (C=O) groups is 1. The minimum Gasteiger partial charge on any atom is -0.464 e. The number of esters is 1. The molecule has 0 saturated carbocycles. The van der Waals surface area contributed by atoms with Crippen molar-refractivity contribution >= 4 is 17.6 Å². The molecule has 5 heteroatoms. The molecule has 1 heterocycles. The summed E-state index contributed by atoms with van der Waals surface area (Å²) in [5, 5.41) is 4.88. The zero-order valence-corrected chi connectivity index (χ0v) is 10.8. The van der Waals surface area contributed by atoms with Gasteiger partial charge in [0.1, 0.15) is 6.04 Å². The van der Waals surface area contributed by atoms with Crippen molar-refractivity contribution in [1.29, 1.82) is 0 Å². The number of carbonyl (C=O) groups excluding carboxylic acids is 1. The van der Waals surface area contributed by atoms with Crippen molar-refractivity contribution in [3.63, 3.8) is 0 Å². The van der Waals surface area contributed by atoms with Crippen LogP contribution in [-0.4, -0.2) is 22.4 Å². The Morgan fingerprint density at radius 3 is 2.50 bits per heavy atom. The first kappa shape index (κ1) is 13.0. The van der Waals surface area contributed by atoms with E-state index in [-0.39, 0.29) is 12.0 Å². The maximum Gasteiger partial charge on any atom is 0.330 e. The monoisotopic (exact) mass is 244 g/mol. The summed E-state index contributed by atoms with van der Waals surface area (Å²) in [6, 6.07) is -0.383. The lowest BCUT2D eigenvalue weighted by Gasteiger charge is -2.15. The zero-order chi connectivity index (χ0) is 12.3. The minimum absolute atomic E-state index is 0.257. The van der Waals surface area contributed by atoms with Gasteiger partial charge in [-0.25, -0.2) is 4.79 Å². The molecule has 0 saturated heterocycles. The summed E-state index contributed by atoms with van der Waals surface area (Å²) >= 11 is 6.05. The van der Waals surface area contributed by atoms with E-state index in [2.05, 4.69) is 5.10 Å². The van der Waals surface area contributed by atoms with Crippen LogP contribution in [0.1, 0.15) is 37.7 Å². The van der Waals surface area contributed by atoms with Crippen molar-refractivity contribution in [3.8, 4) is 0 Å². The second-order valence-electron chi connectivity index (χ2n) is 3.61. The van der Waals surface area contributed by atoms with E-state index < -0.39 is 0 Å². The van der Waals surface area contributed by atoms with E-state index in [1.165, 1.54) is 0 Å². The van der Waals surface area contributed by atoms with Gasteiger partial charge in [0.05, 0.1) is 23.0 Å². The number of halogens is 1. The highest BCUT2D eigenvalue weighted by Crippen LogP contribution is 2.24. The molecule has 0 aliphatic heterocycles. The van der Waals surface area contributed by atoms with Gasteiger partial charge in [-0.15, -0.1) is 0 Å². The minimum atomic E-state index is -0.383. The lowest BCUT2D eigenvalue weighted by molar-refractivity contribution is -0.147. The largest absolute Gasteiger partial charge is 0.464 e. The number of hydrogen-bond acceptors (Lipinski definition) is 3. The molecule has 16 heavy (non-hydrogen) atoms. The molecule has 1 aromatic heterocycles. The Morgan fingerprint density at radius 1 is 1.50 bits per heavy atom. The Morgan fingerprint density at radius 2 is 2.12 bits per heavy atom. The normalized spacial score (nSPS) is 12.6. The second kappa shape index (κ2) is 5.34. The fraction of sp³-hybridized carbons (Fsp3) is 0.636. The van der Waals surface area contributed by atoms with E-state index in [0.29, 0.717) is 18.1 Å². The number of aryl methyl sites for hydroxylation is 1. The molecule has 0 bridgehead atoms. The molecule has 0 spiro atoms. The lowest BCUT2D eigenvalue weighted by atomic mass is 10.2. The highest BCUT2D eigenvalue weighted by Gasteiger charge is 2.24. The van der Waals surface area contributed by atoms with Crippen molar-refractivity contribution in [2.24, 2.45) is 0 Å². The topological polar surface area (TPSA) is 44.1 Å². The summed E-state index contributed by atoms with van der Waals surface area (Å²) in [6.07, 6.45) is 0.636. The molecule has 0 N–H and O–H groups in total. The fourth-order valence-electron chi connectivity index (χ4n) is 1.62. The van der Waals surface area contributed by atoms with Crippen LogP contribution in [0.15, 0.2) is 0 Å². The van der Waals surface area contributed by atoms with E-state index in [1.807, 2.05) is 20.8 Å². The van der Waals surface area contributed by atoms with Gasteiger partial charge >= 0.3 is 5.97 Å². The predicted octanol–water partition coefficient (Wildman–Crippen LogP) is 2.67. The second-order valence-corrected chi connectivity index (χ2v) is 3.98. The number of rotatable bonds is 4. The van der Waals surface area contributed by atoms with Gasteiger partial charge in [0.25, 0.3) is 0 Å². The van der Waals surface area contributed by atoms with Crippen LogP contribution >= 0.6 is 11.6 Å². The van der Waals surface area contributed by atoms with Crippen LogP contribution in [0.4, 0.5) is 0 Å². The average Bonchev–Trinajstić information content (AvgIpc) is 2.48. The summed E-state index contributed by atoms with van der Waals surface area (Å²) in [5.41, 5.74) is 1.54. The van der Waals surface area contributed by atoms with E-state index in [9.17, 15) is 4.79 Å². The summed E-state index contributed by atoms with van der Waals surface area (Å²) in [7, 11) is 0. The molecule has 0 fully saturated rings. The van der Waals surface area contributed by atoms with E-state index in [0.717, 1.165) is 11.4 Å². The van der Waals surface area contributed by atoms with Gasteiger partial charge in [0.2, 0.25) is 0 Å². The molecule has 1 atom stereocenters. The van der Waals surface area contributed by atoms with Gasteiger partial charge in [0, 0.05) is 0 Å². The van der Waals surface area contributed by atoms with Crippen LogP contribution in [0.25, 0.3) is 0 Å². The lowest BCUT2D eigenvalue weighted by Crippen LogP contribution is -2.23. The number of ether oxygens (including phenoxy) is 1. The first-order chi connectivity index (χ1) is 7.52. The predicted molar refractivity (Wildman–Crippen MR) is 62.7 cm³/mol. The van der Waals surface area contributed by atoms with Gasteiger partial charge in [-0.3, -0.25) is 4.68 Å². The molecule has 0 unspecified atom stereocenters. The van der Waals surface area contributed by atoms with Crippen molar-refractivity contribution < 1.29 is 9.53 Å². The van der Waals surface area contributed by atoms with Crippen molar-refractivity contribution in [1.82, 2.24) is 9.78 Å². The maximum absolute atomic E-state index is 11.7. The Bertz CT molecular complexity index is 388. The van der Waals surface area contributed by atoms with Gasteiger partial charge < -0.3 is 4.74 Å². The highest BCUT2D eigenvalue weighted by molar-refractivity contribution is 6.31. The average molecular weight is 245 g/mol. The molecule has 0 aliphatic carbocycles. The van der Waals surface area contributed by atoms with Crippen LogP contribution in [0.2, 0.25) is 5.02 Å². The van der Waals surface area contributed by atoms with Gasteiger partial charge in [-0.05, 0) is 27.2 Å². The fourth-order valence-corrected chi connectivity index (χ4v) is 1.75. The molecular formula is C11H17ClN2O2. The van der Waals surface area contributed by atoms with Gasteiger partial charge in [-0.2, -0.15) is 5.10 Å². The van der Waals surface area contributed by atoms with E-state index >= 15 is 0 Å². The quantitative estimate of drug-likeness (QED) is 0.765. The van der Waals surface area contributed by atoms with Crippen LogP contribution in [0.5, 0.6) is 0 Å². The summed E-state index contributed by atoms with van der Waals surface area (Å²) in [6.45, 7) is 7.76. The van der Waals surface area contributed by atoms with Crippen LogP contribution in [-0.2, 0) is 9.53 Å². The third-order valence-electron chi connectivity index (χ3n) is 2.48. The smallest absolute Gasteiger partial charge is 0.330 e. The van der Waals surface area contributed by atoms with Crippen LogP contribution in [0.3, 0.4) is 0 Å². The van der Waals surface area contributed by atoms with Crippen LogP contribution in [0, 0.1) is 13.8 Å². The van der Waals surface area contributed by atoms with Gasteiger partial charge in [-0.1, -0.05) is 18.5 Å². The number of aromatic nitrogens is 2. The Balaban J connectivity index is 3.04. The molecule has 90 valence electrons. The molecule has 1 aromatic rings. The number of hydrogen-bond donors (Lipinski definition) is 0. The SMILES string of the molecule is CCOC(=O)[C@H](CC)n1nc(C)c(Cl)c1C. The third-order valence-corrected chi connectivity index (χ3v) is 3.02. The molecule has 0 amide bonds. The molecular weight excluding hydrogens is 228 g/mol. The molecule has 4 nitrogen and oxygen atoms in total. The summed E-state index contributed by atoms with van der Waals surface area (Å²) in [4.78, 5) is 11.7. The molecule has 0 radical (unpaired) electrons. The molecule has 1 rings (SSSR count). The first-order valence-electron chi connectivity index (χ1n) is 5.40. The first-order valence-corrected chi connectivity index (χ1v) is 5.78. The summed E-state index contributed by atoms with van der Waals surface area (Å²) in [5.74, 6) is -0.257. The van der Waals surface area contributed by atoms with Crippen LogP contribution < -0.4 is 0 Å². The molecule has 0 aliphatic rings. The Kier molecular flexibility index (Phi) is 4.35. The Hall–Kier alpha value is -1.03. The van der Waals surface area contributed by atoms with E-state index in [1.54, 1.807) is 11.6 Å². The van der Waals surface area contributed by atoms with Gasteiger partial charge in [0.15, 0.2) is 0 Å². The maximum atomic E-state index is 11.7. The Labute approximate surface area is 101 Å². The van der Waals surface area contributed by atoms with Crippen molar-refractivity contribution in [2.45, 2.75) is 40.2 Å². The molecule has 0 aromatic carbocycles. The third kappa shape index (κ3) is 2.38. The van der Waals surface area contributed by atoms with Crippen molar-refractivity contribution in [2.75, 3.05) is 6.61 Å².